The van der Waals surface area contributed by atoms with E-state index in [-0.39, 0.29) is 5.78 Å². The van der Waals surface area contributed by atoms with E-state index in [1.54, 1.807) is 6.92 Å². The summed E-state index contributed by atoms with van der Waals surface area (Å²) >= 11 is 0. The highest BCUT2D eigenvalue weighted by atomic mass is 16.1. The van der Waals surface area contributed by atoms with Crippen molar-refractivity contribution >= 4 is 5.78 Å². The quantitative estimate of drug-likeness (QED) is 0.770. The number of hydrogen-bond donors (Lipinski definition) is 0. The first-order valence-electron chi connectivity index (χ1n) is 6.83. The molecule has 1 unspecified atom stereocenters. The zero-order chi connectivity index (χ0) is 13.7. The number of likely N-dealkylation sites (tertiary alicyclic amines) is 1. The van der Waals surface area contributed by atoms with Crippen molar-refractivity contribution in [2.24, 2.45) is 5.92 Å². The van der Waals surface area contributed by atoms with Crippen molar-refractivity contribution in [3.63, 3.8) is 0 Å². The fourth-order valence-electron chi connectivity index (χ4n) is 2.71. The maximum absolute atomic E-state index is 11.3. The minimum Gasteiger partial charge on any atom is -0.300 e. The zero-order valence-corrected chi connectivity index (χ0v) is 11.6. The van der Waals surface area contributed by atoms with Crippen LogP contribution in [0.2, 0.25) is 0 Å². The first-order chi connectivity index (χ1) is 9.19. The van der Waals surface area contributed by atoms with E-state index in [0.717, 1.165) is 26.1 Å². The average molecular weight is 255 g/mol. The standard InChI is InChI=1S/C17H21NO/c1-3-16-13-18(10-9-17(16)11-14(2)19)12-15-7-5-4-6-8-15/h4-8,17H,1,9-13H2,2H3. The number of rotatable bonds is 4. The first-order valence-corrected chi connectivity index (χ1v) is 6.83. The maximum Gasteiger partial charge on any atom is 0.130 e. The van der Waals surface area contributed by atoms with E-state index in [1.165, 1.54) is 11.1 Å². The molecule has 0 bridgehead atoms. The Bertz CT molecular complexity index is 485. The molecule has 0 saturated carbocycles. The van der Waals surface area contributed by atoms with Gasteiger partial charge in [-0.25, -0.2) is 0 Å². The molecule has 2 heteroatoms. The highest BCUT2D eigenvalue weighted by Crippen LogP contribution is 2.26. The third-order valence-electron chi connectivity index (χ3n) is 3.69. The minimum absolute atomic E-state index is 0.259. The van der Waals surface area contributed by atoms with Gasteiger partial charge in [-0.1, -0.05) is 36.9 Å². The average Bonchev–Trinajstić information content (AvgIpc) is 2.41. The monoisotopic (exact) mass is 255 g/mol. The van der Waals surface area contributed by atoms with Gasteiger partial charge < -0.3 is 4.79 Å². The molecule has 0 radical (unpaired) electrons. The molecule has 1 aliphatic rings. The van der Waals surface area contributed by atoms with Gasteiger partial charge in [-0.2, -0.15) is 0 Å². The van der Waals surface area contributed by atoms with Gasteiger partial charge in [0.2, 0.25) is 0 Å². The molecule has 1 aliphatic heterocycles. The van der Waals surface area contributed by atoms with Crippen LogP contribution in [0, 0.1) is 5.92 Å². The highest BCUT2D eigenvalue weighted by molar-refractivity contribution is 5.76. The molecule has 0 spiro atoms. The molecule has 0 amide bonds. The van der Waals surface area contributed by atoms with Crippen LogP contribution in [0.5, 0.6) is 0 Å². The molecule has 100 valence electrons. The lowest BCUT2D eigenvalue weighted by Crippen LogP contribution is -2.35. The lowest BCUT2D eigenvalue weighted by molar-refractivity contribution is -0.117. The third kappa shape index (κ3) is 3.92. The summed E-state index contributed by atoms with van der Waals surface area (Å²) in [6, 6.07) is 10.5. The SMILES string of the molecule is C=C=C1CN(Cc2ccccc2)CCC1CC(C)=O. The highest BCUT2D eigenvalue weighted by Gasteiger charge is 2.24. The van der Waals surface area contributed by atoms with Crippen LogP contribution in [0.15, 0.2) is 48.2 Å². The van der Waals surface area contributed by atoms with Gasteiger partial charge in [-0.15, -0.1) is 5.73 Å². The van der Waals surface area contributed by atoms with Crippen LogP contribution in [0.4, 0.5) is 0 Å². The second-order valence-electron chi connectivity index (χ2n) is 5.29. The largest absolute Gasteiger partial charge is 0.300 e. The molecule has 1 saturated heterocycles. The molecule has 1 atom stereocenters. The lowest BCUT2D eigenvalue weighted by atomic mass is 9.87. The van der Waals surface area contributed by atoms with Crippen LogP contribution < -0.4 is 0 Å². The summed E-state index contributed by atoms with van der Waals surface area (Å²) in [7, 11) is 0. The third-order valence-corrected chi connectivity index (χ3v) is 3.69. The normalized spacial score (nSPS) is 20.1. The van der Waals surface area contributed by atoms with Gasteiger partial charge in [0.25, 0.3) is 0 Å². The predicted molar refractivity (Wildman–Crippen MR) is 77.8 cm³/mol. The Morgan fingerprint density at radius 2 is 2.16 bits per heavy atom. The van der Waals surface area contributed by atoms with Crippen molar-refractivity contribution in [3.8, 4) is 0 Å². The van der Waals surface area contributed by atoms with E-state index < -0.39 is 0 Å². The molecule has 1 aromatic carbocycles. The summed E-state index contributed by atoms with van der Waals surface area (Å²) in [5.74, 6) is 0.608. The van der Waals surface area contributed by atoms with E-state index in [2.05, 4.69) is 41.5 Å². The second kappa shape index (κ2) is 6.51. The maximum atomic E-state index is 11.3. The summed E-state index contributed by atoms with van der Waals surface area (Å²) in [6.45, 7) is 8.33. The number of benzene rings is 1. The Kier molecular flexibility index (Phi) is 4.73. The smallest absolute Gasteiger partial charge is 0.130 e. The molecule has 1 aromatic rings. The molecular formula is C17H21NO. The topological polar surface area (TPSA) is 20.3 Å². The van der Waals surface area contributed by atoms with Gasteiger partial charge in [-0.3, -0.25) is 4.90 Å². The Morgan fingerprint density at radius 1 is 1.42 bits per heavy atom. The Balaban J connectivity index is 1.98. The van der Waals surface area contributed by atoms with E-state index in [1.807, 2.05) is 6.07 Å². The molecule has 0 aliphatic carbocycles. The van der Waals surface area contributed by atoms with Crippen LogP contribution in [-0.2, 0) is 11.3 Å². The van der Waals surface area contributed by atoms with Crippen LogP contribution in [0.25, 0.3) is 0 Å². The van der Waals surface area contributed by atoms with Crippen molar-refractivity contribution in [1.82, 2.24) is 4.90 Å². The number of nitrogens with zero attached hydrogens (tertiary/aromatic N) is 1. The Morgan fingerprint density at radius 3 is 2.79 bits per heavy atom. The van der Waals surface area contributed by atoms with Crippen molar-refractivity contribution in [1.29, 1.82) is 0 Å². The summed E-state index contributed by atoms with van der Waals surface area (Å²) in [6.07, 6.45) is 1.67. The van der Waals surface area contributed by atoms with Crippen LogP contribution in [0.3, 0.4) is 0 Å². The number of hydrogen-bond acceptors (Lipinski definition) is 2. The number of Topliss-reactive ketones (excluding diaryl/α,β-unsaturated/α-hetero) is 1. The number of piperidine rings is 1. The lowest BCUT2D eigenvalue weighted by Gasteiger charge is -2.33. The van der Waals surface area contributed by atoms with Crippen molar-refractivity contribution in [2.45, 2.75) is 26.3 Å². The summed E-state index contributed by atoms with van der Waals surface area (Å²) in [4.78, 5) is 13.7. The van der Waals surface area contributed by atoms with Crippen LogP contribution >= 0.6 is 0 Å². The second-order valence-corrected chi connectivity index (χ2v) is 5.29. The fraction of sp³-hybridized carbons (Fsp3) is 0.412. The fourth-order valence-corrected chi connectivity index (χ4v) is 2.71. The molecule has 1 heterocycles. The van der Waals surface area contributed by atoms with E-state index in [9.17, 15) is 4.79 Å². The molecule has 0 N–H and O–H groups in total. The number of carbonyl (C=O) groups is 1. The minimum atomic E-state index is 0.259. The first kappa shape index (κ1) is 13.8. The van der Waals surface area contributed by atoms with Gasteiger partial charge >= 0.3 is 0 Å². The number of carbonyl (C=O) groups excluding carboxylic acids is 1. The molecule has 2 nitrogen and oxygen atoms in total. The zero-order valence-electron chi connectivity index (χ0n) is 11.6. The molecular weight excluding hydrogens is 234 g/mol. The molecule has 0 aromatic heterocycles. The van der Waals surface area contributed by atoms with Gasteiger partial charge in [0.15, 0.2) is 0 Å². The molecule has 1 fully saturated rings. The Labute approximate surface area is 115 Å². The van der Waals surface area contributed by atoms with E-state index >= 15 is 0 Å². The van der Waals surface area contributed by atoms with Gasteiger partial charge in [-0.05, 0) is 36.9 Å². The van der Waals surface area contributed by atoms with Crippen LogP contribution in [-0.4, -0.2) is 23.8 Å². The summed E-state index contributed by atoms with van der Waals surface area (Å²) < 4.78 is 0. The predicted octanol–water partition coefficient (Wildman–Crippen LogP) is 3.20. The van der Waals surface area contributed by atoms with Crippen molar-refractivity contribution in [3.05, 3.63) is 53.8 Å². The van der Waals surface area contributed by atoms with Gasteiger partial charge in [0.1, 0.15) is 5.78 Å². The molecule has 19 heavy (non-hydrogen) atoms. The van der Waals surface area contributed by atoms with E-state index in [4.69, 9.17) is 0 Å². The number of ketones is 1. The van der Waals surface area contributed by atoms with Gasteiger partial charge in [0, 0.05) is 19.5 Å². The van der Waals surface area contributed by atoms with Crippen molar-refractivity contribution < 1.29 is 4.79 Å². The summed E-state index contributed by atoms with van der Waals surface area (Å²) in [5.41, 5.74) is 5.57. The summed E-state index contributed by atoms with van der Waals surface area (Å²) in [5, 5.41) is 0. The van der Waals surface area contributed by atoms with E-state index in [0.29, 0.717) is 12.3 Å². The van der Waals surface area contributed by atoms with Crippen molar-refractivity contribution in [2.75, 3.05) is 13.1 Å². The Hall–Kier alpha value is -1.63. The van der Waals surface area contributed by atoms with Crippen LogP contribution in [0.1, 0.15) is 25.3 Å². The molecule has 2 rings (SSSR count). The van der Waals surface area contributed by atoms with Gasteiger partial charge in [0.05, 0.1) is 0 Å².